The maximum Gasteiger partial charge on any atom is 0.522 e. The van der Waals surface area contributed by atoms with Crippen LogP contribution in [0.2, 0.25) is 0 Å². The van der Waals surface area contributed by atoms with Crippen molar-refractivity contribution in [1.29, 1.82) is 0 Å². The highest BCUT2D eigenvalue weighted by atomic mass is 19.4. The van der Waals surface area contributed by atoms with Gasteiger partial charge in [0, 0.05) is 6.54 Å². The van der Waals surface area contributed by atoms with Crippen LogP contribution in [0.4, 0.5) is 13.2 Å². The van der Waals surface area contributed by atoms with Crippen molar-refractivity contribution in [1.82, 2.24) is 5.32 Å². The van der Waals surface area contributed by atoms with Gasteiger partial charge < -0.3 is 11.1 Å². The fourth-order valence-corrected chi connectivity index (χ4v) is 1.05. The molecule has 0 aliphatic heterocycles. The van der Waals surface area contributed by atoms with Gasteiger partial charge in [0.25, 0.3) is 0 Å². The minimum absolute atomic E-state index is 0.0756. The SMILES string of the molecule is CC(C)C(NCCOC(F)(F)F)C(N)=O. The zero-order valence-corrected chi connectivity index (χ0v) is 8.60. The molecule has 0 aliphatic rings. The summed E-state index contributed by atoms with van der Waals surface area (Å²) < 4.78 is 38.2. The predicted octanol–water partition coefficient (Wildman–Crippen LogP) is 0.622. The van der Waals surface area contributed by atoms with Crippen LogP contribution in [0.5, 0.6) is 0 Å². The first kappa shape index (κ1) is 14.2. The molecular formula is C8H15F3N2O2. The molecule has 90 valence electrons. The highest BCUT2D eigenvalue weighted by molar-refractivity contribution is 5.80. The minimum atomic E-state index is -4.64. The highest BCUT2D eigenvalue weighted by Gasteiger charge is 2.28. The molecule has 0 rings (SSSR count). The van der Waals surface area contributed by atoms with Crippen molar-refractivity contribution in [2.75, 3.05) is 13.2 Å². The van der Waals surface area contributed by atoms with Crippen molar-refractivity contribution in [3.05, 3.63) is 0 Å². The molecule has 0 aromatic heterocycles. The summed E-state index contributed by atoms with van der Waals surface area (Å²) in [4.78, 5) is 10.8. The quantitative estimate of drug-likeness (QED) is 0.655. The average Bonchev–Trinajstić information content (AvgIpc) is 2.00. The molecule has 1 unspecified atom stereocenters. The number of halogens is 3. The van der Waals surface area contributed by atoms with Gasteiger partial charge in [-0.25, -0.2) is 0 Å². The zero-order valence-electron chi connectivity index (χ0n) is 8.60. The lowest BCUT2D eigenvalue weighted by Gasteiger charge is -2.18. The van der Waals surface area contributed by atoms with E-state index in [2.05, 4.69) is 10.1 Å². The van der Waals surface area contributed by atoms with E-state index in [1.807, 2.05) is 0 Å². The maximum atomic E-state index is 11.6. The molecule has 0 heterocycles. The number of alkyl halides is 3. The minimum Gasteiger partial charge on any atom is -0.368 e. The van der Waals surface area contributed by atoms with Crippen molar-refractivity contribution >= 4 is 5.91 Å². The number of nitrogens with two attached hydrogens (primary N) is 1. The molecule has 0 fully saturated rings. The Kier molecular flexibility index (Phi) is 5.59. The highest BCUT2D eigenvalue weighted by Crippen LogP contribution is 2.15. The fourth-order valence-electron chi connectivity index (χ4n) is 1.05. The predicted molar refractivity (Wildman–Crippen MR) is 47.8 cm³/mol. The number of rotatable bonds is 6. The third kappa shape index (κ3) is 7.15. The summed E-state index contributed by atoms with van der Waals surface area (Å²) in [6, 6.07) is -0.637. The second-order valence-electron chi connectivity index (χ2n) is 3.37. The van der Waals surface area contributed by atoms with E-state index in [1.54, 1.807) is 13.8 Å². The number of nitrogens with one attached hydrogen (secondary N) is 1. The van der Waals surface area contributed by atoms with Gasteiger partial charge in [0.1, 0.15) is 0 Å². The van der Waals surface area contributed by atoms with Crippen LogP contribution < -0.4 is 11.1 Å². The zero-order chi connectivity index (χ0) is 12.1. The first-order valence-corrected chi connectivity index (χ1v) is 4.47. The number of hydrogen-bond acceptors (Lipinski definition) is 3. The molecule has 0 aliphatic carbocycles. The number of carbonyl (C=O) groups excluding carboxylic acids is 1. The van der Waals surface area contributed by atoms with Gasteiger partial charge in [-0.15, -0.1) is 13.2 Å². The van der Waals surface area contributed by atoms with Crippen LogP contribution in [0.3, 0.4) is 0 Å². The largest absolute Gasteiger partial charge is 0.522 e. The Morgan fingerprint density at radius 2 is 2.00 bits per heavy atom. The van der Waals surface area contributed by atoms with Crippen LogP contribution in [0.1, 0.15) is 13.8 Å². The molecule has 0 saturated heterocycles. The molecule has 4 nitrogen and oxygen atoms in total. The lowest BCUT2D eigenvalue weighted by molar-refractivity contribution is -0.323. The topological polar surface area (TPSA) is 64.3 Å². The van der Waals surface area contributed by atoms with Crippen molar-refractivity contribution in [3.8, 4) is 0 Å². The summed E-state index contributed by atoms with van der Waals surface area (Å²) in [5.74, 6) is -0.662. The first-order chi connectivity index (χ1) is 6.74. The second-order valence-corrected chi connectivity index (χ2v) is 3.37. The summed E-state index contributed by atoms with van der Waals surface area (Å²) in [6.07, 6.45) is -4.64. The smallest absolute Gasteiger partial charge is 0.368 e. The Morgan fingerprint density at radius 3 is 2.33 bits per heavy atom. The maximum absolute atomic E-state index is 11.6. The van der Waals surface area contributed by atoms with Gasteiger partial charge in [-0.3, -0.25) is 9.53 Å². The molecular weight excluding hydrogens is 213 g/mol. The monoisotopic (exact) mass is 228 g/mol. The van der Waals surface area contributed by atoms with Crippen LogP contribution >= 0.6 is 0 Å². The summed E-state index contributed by atoms with van der Waals surface area (Å²) in [5, 5.41) is 2.59. The Balaban J connectivity index is 3.78. The Labute approximate surface area is 86.0 Å². The van der Waals surface area contributed by atoms with Crippen molar-refractivity contribution in [3.63, 3.8) is 0 Å². The Morgan fingerprint density at radius 1 is 1.47 bits per heavy atom. The summed E-state index contributed by atoms with van der Waals surface area (Å²) in [5.41, 5.74) is 5.04. The van der Waals surface area contributed by atoms with E-state index in [0.29, 0.717) is 0 Å². The van der Waals surface area contributed by atoms with Gasteiger partial charge >= 0.3 is 6.36 Å². The van der Waals surface area contributed by atoms with E-state index in [-0.39, 0.29) is 12.5 Å². The molecule has 15 heavy (non-hydrogen) atoms. The molecule has 0 spiro atoms. The lowest BCUT2D eigenvalue weighted by atomic mass is 10.0. The van der Waals surface area contributed by atoms with Gasteiger partial charge in [-0.05, 0) is 5.92 Å². The summed E-state index contributed by atoms with van der Waals surface area (Å²) in [6.45, 7) is 2.87. The Bertz CT molecular complexity index is 207. The number of primary amides is 1. The Hall–Kier alpha value is -0.820. The molecule has 3 N–H and O–H groups in total. The van der Waals surface area contributed by atoms with Gasteiger partial charge in [0.05, 0.1) is 12.6 Å². The van der Waals surface area contributed by atoms with Crippen molar-refractivity contribution < 1.29 is 22.7 Å². The summed E-state index contributed by atoms with van der Waals surface area (Å²) in [7, 11) is 0. The molecule has 0 radical (unpaired) electrons. The van der Waals surface area contributed by atoms with E-state index in [9.17, 15) is 18.0 Å². The fraction of sp³-hybridized carbons (Fsp3) is 0.875. The first-order valence-electron chi connectivity index (χ1n) is 4.47. The molecule has 1 atom stereocenters. The van der Waals surface area contributed by atoms with Gasteiger partial charge in [-0.1, -0.05) is 13.8 Å². The van der Waals surface area contributed by atoms with E-state index < -0.39 is 24.9 Å². The van der Waals surface area contributed by atoms with Gasteiger partial charge in [0.15, 0.2) is 0 Å². The van der Waals surface area contributed by atoms with Gasteiger partial charge in [-0.2, -0.15) is 0 Å². The standard InChI is InChI=1S/C8H15F3N2O2/c1-5(2)6(7(12)14)13-3-4-15-8(9,10)11/h5-6,13H,3-4H2,1-2H3,(H2,12,14). The number of hydrogen-bond donors (Lipinski definition) is 2. The van der Waals surface area contributed by atoms with Crippen molar-refractivity contribution in [2.45, 2.75) is 26.3 Å². The van der Waals surface area contributed by atoms with Crippen LogP contribution in [-0.2, 0) is 9.53 Å². The normalized spacial score (nSPS) is 14.3. The van der Waals surface area contributed by atoms with Crippen LogP contribution in [-0.4, -0.2) is 31.5 Å². The summed E-state index contributed by atoms with van der Waals surface area (Å²) >= 11 is 0. The van der Waals surface area contributed by atoms with Crippen LogP contribution in [0.25, 0.3) is 0 Å². The lowest BCUT2D eigenvalue weighted by Crippen LogP contribution is -2.46. The van der Waals surface area contributed by atoms with Crippen LogP contribution in [0, 0.1) is 5.92 Å². The molecule has 0 aromatic rings. The van der Waals surface area contributed by atoms with E-state index >= 15 is 0 Å². The molecule has 0 saturated carbocycles. The third-order valence-corrected chi connectivity index (χ3v) is 1.71. The van der Waals surface area contributed by atoms with E-state index in [1.165, 1.54) is 0 Å². The number of amides is 1. The average molecular weight is 228 g/mol. The molecule has 1 amide bonds. The third-order valence-electron chi connectivity index (χ3n) is 1.71. The second kappa shape index (κ2) is 5.92. The number of ether oxygens (including phenoxy) is 1. The van der Waals surface area contributed by atoms with Gasteiger partial charge in [0.2, 0.25) is 5.91 Å². The van der Waals surface area contributed by atoms with E-state index in [4.69, 9.17) is 5.73 Å². The number of carbonyl (C=O) groups is 1. The molecule has 0 bridgehead atoms. The molecule has 7 heteroatoms. The van der Waals surface area contributed by atoms with Crippen LogP contribution in [0.15, 0.2) is 0 Å². The van der Waals surface area contributed by atoms with E-state index in [0.717, 1.165) is 0 Å². The van der Waals surface area contributed by atoms with Crippen molar-refractivity contribution in [2.24, 2.45) is 11.7 Å². The molecule has 0 aromatic carbocycles.